The maximum absolute atomic E-state index is 12.2. The summed E-state index contributed by atoms with van der Waals surface area (Å²) in [6, 6.07) is 11.1. The first-order chi connectivity index (χ1) is 12.8. The molecule has 1 saturated carbocycles. The summed E-state index contributed by atoms with van der Waals surface area (Å²) >= 11 is 0. The van der Waals surface area contributed by atoms with Gasteiger partial charge in [-0.1, -0.05) is 30.3 Å². The molecule has 3 fully saturated rings. The summed E-state index contributed by atoms with van der Waals surface area (Å²) in [4.78, 5) is 14.3. The molecule has 2 atom stereocenters. The highest BCUT2D eigenvalue weighted by Crippen LogP contribution is 2.32. The van der Waals surface area contributed by atoms with Crippen LogP contribution in [0, 0.1) is 5.92 Å². The molecule has 3 aliphatic rings. The summed E-state index contributed by atoms with van der Waals surface area (Å²) in [5, 5.41) is 3.81. The number of amides is 1. The molecule has 4 rings (SSSR count). The van der Waals surface area contributed by atoms with E-state index in [1.54, 1.807) is 0 Å². The summed E-state index contributed by atoms with van der Waals surface area (Å²) in [7, 11) is 0. The molecule has 2 aliphatic heterocycles. The number of carbonyl (C=O) groups excluding carboxylic acids is 1. The molecular weight excluding hydrogens is 328 g/mol. The van der Waals surface area contributed by atoms with E-state index >= 15 is 0 Å². The van der Waals surface area contributed by atoms with E-state index in [4.69, 9.17) is 9.47 Å². The molecule has 5 heteroatoms. The minimum Gasteiger partial charge on any atom is -0.379 e. The summed E-state index contributed by atoms with van der Waals surface area (Å²) in [5.41, 5.74) is 1.20. The number of hydrogen-bond donors (Lipinski definition) is 1. The highest BCUT2D eigenvalue weighted by Gasteiger charge is 2.36. The highest BCUT2D eigenvalue weighted by atomic mass is 16.5. The Hall–Kier alpha value is -1.43. The van der Waals surface area contributed by atoms with E-state index in [0.29, 0.717) is 37.1 Å². The Labute approximate surface area is 156 Å². The quantitative estimate of drug-likeness (QED) is 0.848. The van der Waals surface area contributed by atoms with Crippen molar-refractivity contribution in [3.8, 4) is 0 Å². The van der Waals surface area contributed by atoms with Gasteiger partial charge in [0.2, 0.25) is 5.91 Å². The fourth-order valence-corrected chi connectivity index (χ4v) is 4.00. The number of carbonyl (C=O) groups is 1. The maximum atomic E-state index is 12.2. The van der Waals surface area contributed by atoms with Crippen LogP contribution in [-0.2, 0) is 20.9 Å². The van der Waals surface area contributed by atoms with Gasteiger partial charge < -0.3 is 19.7 Å². The minimum atomic E-state index is 0.0927. The number of rotatable bonds is 6. The molecule has 0 aromatic heterocycles. The summed E-state index contributed by atoms with van der Waals surface area (Å²) in [6.45, 7) is 3.87. The van der Waals surface area contributed by atoms with Gasteiger partial charge in [0.15, 0.2) is 0 Å². The minimum absolute atomic E-state index is 0.0927. The molecule has 0 bridgehead atoms. The van der Waals surface area contributed by atoms with Crippen molar-refractivity contribution in [1.29, 1.82) is 0 Å². The van der Waals surface area contributed by atoms with Gasteiger partial charge in [0.05, 0.1) is 19.3 Å². The zero-order valence-corrected chi connectivity index (χ0v) is 15.4. The highest BCUT2D eigenvalue weighted by molar-refractivity contribution is 5.81. The fourth-order valence-electron chi connectivity index (χ4n) is 4.00. The molecule has 142 valence electrons. The van der Waals surface area contributed by atoms with E-state index in [1.807, 2.05) is 18.2 Å². The SMILES string of the molecule is O=C(C1CC1)N1CCC(N[C@@H]2CCOC[C@H]2OCc2ccccc2)CC1. The number of benzene rings is 1. The molecule has 26 heavy (non-hydrogen) atoms. The number of piperidine rings is 1. The molecule has 0 unspecified atom stereocenters. The lowest BCUT2D eigenvalue weighted by atomic mass is 9.99. The molecule has 1 aliphatic carbocycles. The molecule has 2 heterocycles. The molecule has 5 nitrogen and oxygen atoms in total. The zero-order valence-electron chi connectivity index (χ0n) is 15.4. The summed E-state index contributed by atoms with van der Waals surface area (Å²) < 4.78 is 11.8. The number of hydrogen-bond acceptors (Lipinski definition) is 4. The third-order valence-corrected chi connectivity index (χ3v) is 5.79. The number of ether oxygens (including phenoxy) is 2. The van der Waals surface area contributed by atoms with Crippen molar-refractivity contribution in [3.05, 3.63) is 35.9 Å². The van der Waals surface area contributed by atoms with Crippen LogP contribution in [0.1, 0.15) is 37.7 Å². The van der Waals surface area contributed by atoms with Crippen LogP contribution >= 0.6 is 0 Å². The molecular formula is C21H30N2O3. The second-order valence-corrected chi connectivity index (χ2v) is 7.85. The van der Waals surface area contributed by atoms with E-state index in [0.717, 1.165) is 51.8 Å². The lowest BCUT2D eigenvalue weighted by Gasteiger charge is -2.38. The fraction of sp³-hybridized carbons (Fsp3) is 0.667. The third-order valence-electron chi connectivity index (χ3n) is 5.79. The van der Waals surface area contributed by atoms with Crippen LogP contribution in [0.5, 0.6) is 0 Å². The van der Waals surface area contributed by atoms with Crippen LogP contribution < -0.4 is 5.32 Å². The van der Waals surface area contributed by atoms with Crippen molar-refractivity contribution < 1.29 is 14.3 Å². The number of likely N-dealkylation sites (tertiary alicyclic amines) is 1. The van der Waals surface area contributed by atoms with E-state index < -0.39 is 0 Å². The topological polar surface area (TPSA) is 50.8 Å². The van der Waals surface area contributed by atoms with Gasteiger partial charge >= 0.3 is 0 Å². The molecule has 1 N–H and O–H groups in total. The Morgan fingerprint density at radius 2 is 1.88 bits per heavy atom. The first-order valence-corrected chi connectivity index (χ1v) is 10.1. The Balaban J connectivity index is 1.25. The average molecular weight is 358 g/mol. The molecule has 0 spiro atoms. The largest absolute Gasteiger partial charge is 0.379 e. The van der Waals surface area contributed by atoms with E-state index in [1.165, 1.54) is 5.56 Å². The van der Waals surface area contributed by atoms with Crippen LogP contribution in [0.3, 0.4) is 0 Å². The maximum Gasteiger partial charge on any atom is 0.225 e. The van der Waals surface area contributed by atoms with Crippen molar-refractivity contribution in [2.75, 3.05) is 26.3 Å². The second-order valence-electron chi connectivity index (χ2n) is 7.85. The molecule has 0 radical (unpaired) electrons. The molecule has 1 aromatic rings. The van der Waals surface area contributed by atoms with Crippen molar-refractivity contribution in [1.82, 2.24) is 10.2 Å². The van der Waals surface area contributed by atoms with E-state index in [-0.39, 0.29) is 6.10 Å². The van der Waals surface area contributed by atoms with Crippen LogP contribution in [0.15, 0.2) is 30.3 Å². The molecule has 1 amide bonds. The predicted octanol–water partition coefficient (Wildman–Crippen LogP) is 2.35. The smallest absolute Gasteiger partial charge is 0.225 e. The Morgan fingerprint density at radius 1 is 1.12 bits per heavy atom. The summed E-state index contributed by atoms with van der Waals surface area (Å²) in [5.74, 6) is 0.726. The van der Waals surface area contributed by atoms with Gasteiger partial charge in [0.25, 0.3) is 0 Å². The van der Waals surface area contributed by atoms with Gasteiger partial charge in [-0.2, -0.15) is 0 Å². The van der Waals surface area contributed by atoms with E-state index in [2.05, 4.69) is 22.3 Å². The van der Waals surface area contributed by atoms with Gasteiger partial charge in [-0.05, 0) is 37.7 Å². The predicted molar refractivity (Wildman–Crippen MR) is 99.7 cm³/mol. The number of nitrogens with zero attached hydrogens (tertiary/aromatic N) is 1. The Bertz CT molecular complexity index is 582. The van der Waals surface area contributed by atoms with Crippen molar-refractivity contribution in [2.24, 2.45) is 5.92 Å². The number of nitrogens with one attached hydrogen (secondary N) is 1. The average Bonchev–Trinajstić information content (AvgIpc) is 3.53. The van der Waals surface area contributed by atoms with Gasteiger partial charge in [-0.15, -0.1) is 0 Å². The van der Waals surface area contributed by atoms with Crippen LogP contribution in [0.4, 0.5) is 0 Å². The standard InChI is InChI=1S/C21H30N2O3/c24-21(17-6-7-17)23-11-8-18(9-12-23)22-19-10-13-25-15-20(19)26-14-16-4-2-1-3-5-16/h1-5,17-20,22H,6-15H2/t19-,20-/m1/s1. The van der Waals surface area contributed by atoms with Crippen LogP contribution in [0.25, 0.3) is 0 Å². The Kier molecular flexibility index (Phi) is 5.88. The molecule has 2 saturated heterocycles. The van der Waals surface area contributed by atoms with Gasteiger partial charge in [-0.3, -0.25) is 4.79 Å². The van der Waals surface area contributed by atoms with Crippen molar-refractivity contribution in [2.45, 2.75) is 56.9 Å². The van der Waals surface area contributed by atoms with Gasteiger partial charge in [0, 0.05) is 37.7 Å². The van der Waals surface area contributed by atoms with Crippen molar-refractivity contribution in [3.63, 3.8) is 0 Å². The monoisotopic (exact) mass is 358 g/mol. The van der Waals surface area contributed by atoms with Crippen LogP contribution in [0.2, 0.25) is 0 Å². The van der Waals surface area contributed by atoms with Crippen LogP contribution in [-0.4, -0.2) is 55.3 Å². The van der Waals surface area contributed by atoms with Gasteiger partial charge in [-0.25, -0.2) is 0 Å². The second kappa shape index (κ2) is 8.51. The first-order valence-electron chi connectivity index (χ1n) is 10.1. The Morgan fingerprint density at radius 3 is 2.62 bits per heavy atom. The third kappa shape index (κ3) is 4.64. The lowest BCUT2D eigenvalue weighted by molar-refractivity contribution is -0.133. The van der Waals surface area contributed by atoms with E-state index in [9.17, 15) is 4.79 Å². The van der Waals surface area contributed by atoms with Crippen molar-refractivity contribution >= 4 is 5.91 Å². The first kappa shape index (κ1) is 18.0. The normalized spacial score (nSPS) is 27.5. The molecule has 1 aromatic carbocycles. The lowest BCUT2D eigenvalue weighted by Crippen LogP contribution is -2.54. The van der Waals surface area contributed by atoms with Gasteiger partial charge in [0.1, 0.15) is 0 Å². The summed E-state index contributed by atoms with van der Waals surface area (Å²) in [6.07, 6.45) is 5.36. The zero-order chi connectivity index (χ0) is 17.8.